The molecule has 88 valence electrons. The number of ether oxygens (including phenoxy) is 1. The third kappa shape index (κ3) is 2.53. The summed E-state index contributed by atoms with van der Waals surface area (Å²) in [5.41, 5.74) is 0.751. The molecule has 0 unspecified atom stereocenters. The van der Waals surface area contributed by atoms with Gasteiger partial charge in [0.2, 0.25) is 5.91 Å². The third-order valence-corrected chi connectivity index (χ3v) is 2.44. The minimum absolute atomic E-state index is 0.117. The van der Waals surface area contributed by atoms with Crippen molar-refractivity contribution < 1.29 is 9.53 Å². The first-order valence-electron chi connectivity index (χ1n) is 5.45. The third-order valence-electron chi connectivity index (χ3n) is 2.44. The van der Waals surface area contributed by atoms with Crippen LogP contribution in [0.25, 0.3) is 0 Å². The van der Waals surface area contributed by atoms with Crippen LogP contribution in [0.1, 0.15) is 30.4 Å². The minimum atomic E-state index is -0.219. The van der Waals surface area contributed by atoms with Crippen molar-refractivity contribution in [3.63, 3.8) is 0 Å². The molecule has 0 aliphatic carbocycles. The molecular weight excluding hydrogens is 216 g/mol. The summed E-state index contributed by atoms with van der Waals surface area (Å²) >= 11 is 0. The fourth-order valence-electron chi connectivity index (χ4n) is 1.65. The first-order valence-corrected chi connectivity index (χ1v) is 5.45. The zero-order chi connectivity index (χ0) is 12.3. The summed E-state index contributed by atoms with van der Waals surface area (Å²) in [5, 5.41) is 3.97. The molecule has 0 spiro atoms. The van der Waals surface area contributed by atoms with Crippen molar-refractivity contribution in [2.75, 3.05) is 0 Å². The highest BCUT2D eigenvalue weighted by atomic mass is 16.5. The number of para-hydroxylation sites is 1. The lowest BCUT2D eigenvalue weighted by atomic mass is 10.2. The number of nitrogens with zero attached hydrogens (tertiary/aromatic N) is 2. The maximum absolute atomic E-state index is 11.3. The predicted octanol–water partition coefficient (Wildman–Crippen LogP) is 2.68. The van der Waals surface area contributed by atoms with E-state index in [2.05, 4.69) is 5.10 Å². The summed E-state index contributed by atoms with van der Waals surface area (Å²) in [6.07, 6.45) is 1.38. The summed E-state index contributed by atoms with van der Waals surface area (Å²) in [6.45, 7) is 3.37. The van der Waals surface area contributed by atoms with Crippen molar-refractivity contribution in [1.29, 1.82) is 0 Å². The van der Waals surface area contributed by atoms with Gasteiger partial charge in [0.1, 0.15) is 11.9 Å². The van der Waals surface area contributed by atoms with Crippen LogP contribution in [-0.4, -0.2) is 15.7 Å². The van der Waals surface area contributed by atoms with Crippen LogP contribution in [0.5, 0.6) is 5.75 Å². The number of carbonyl (C=O) groups excluding carboxylic acids is 1. The van der Waals surface area contributed by atoms with Crippen LogP contribution in [0.4, 0.5) is 0 Å². The smallest absolute Gasteiger partial charge is 0.244 e. The highest BCUT2D eigenvalue weighted by molar-refractivity contribution is 5.75. The number of carbonyl (C=O) groups is 1. The van der Waals surface area contributed by atoms with Crippen LogP contribution in [0.3, 0.4) is 0 Å². The molecule has 0 N–H and O–H groups in total. The molecule has 2 rings (SSSR count). The average molecular weight is 230 g/mol. The van der Waals surface area contributed by atoms with Gasteiger partial charge in [-0.05, 0) is 25.1 Å². The van der Waals surface area contributed by atoms with Gasteiger partial charge in [-0.1, -0.05) is 18.2 Å². The average Bonchev–Trinajstić information content (AvgIpc) is 2.79. The van der Waals surface area contributed by atoms with Crippen molar-refractivity contribution in [3.05, 3.63) is 48.3 Å². The minimum Gasteiger partial charge on any atom is -0.484 e. The lowest BCUT2D eigenvalue weighted by Crippen LogP contribution is -2.16. The Bertz CT molecular complexity index is 505. The Balaban J connectivity index is 2.17. The highest BCUT2D eigenvalue weighted by Gasteiger charge is 2.14. The predicted molar refractivity (Wildman–Crippen MR) is 64.0 cm³/mol. The summed E-state index contributed by atoms with van der Waals surface area (Å²) in [7, 11) is 0. The molecule has 2 aromatic rings. The maximum atomic E-state index is 11.3. The van der Waals surface area contributed by atoms with Crippen LogP contribution >= 0.6 is 0 Å². The SMILES string of the molecule is CC(=O)n1nccc1[C@H](C)Oc1ccccc1. The fraction of sp³-hybridized carbons (Fsp3) is 0.231. The van der Waals surface area contributed by atoms with Crippen LogP contribution in [-0.2, 0) is 0 Å². The monoisotopic (exact) mass is 230 g/mol. The summed E-state index contributed by atoms with van der Waals surface area (Å²) < 4.78 is 7.09. The summed E-state index contributed by atoms with van der Waals surface area (Å²) in [4.78, 5) is 11.3. The molecule has 0 fully saturated rings. The largest absolute Gasteiger partial charge is 0.484 e. The summed E-state index contributed by atoms with van der Waals surface area (Å²) in [5.74, 6) is 0.657. The van der Waals surface area contributed by atoms with Gasteiger partial charge in [0.15, 0.2) is 0 Å². The number of benzene rings is 1. The van der Waals surface area contributed by atoms with E-state index in [1.807, 2.05) is 37.3 Å². The molecule has 1 heterocycles. The van der Waals surface area contributed by atoms with E-state index in [0.29, 0.717) is 0 Å². The van der Waals surface area contributed by atoms with E-state index in [-0.39, 0.29) is 12.0 Å². The molecule has 1 aromatic heterocycles. The van der Waals surface area contributed by atoms with E-state index in [0.717, 1.165) is 11.4 Å². The molecule has 4 nitrogen and oxygen atoms in total. The van der Waals surface area contributed by atoms with Gasteiger partial charge in [-0.15, -0.1) is 0 Å². The fourth-order valence-corrected chi connectivity index (χ4v) is 1.65. The number of rotatable bonds is 3. The Labute approximate surface area is 99.8 Å². The standard InChI is InChI=1S/C13H14N2O2/c1-10(17-12-6-4-3-5-7-12)13-8-9-14-15(13)11(2)16/h3-10H,1-2H3/t10-/m0/s1. The Morgan fingerprint density at radius 2 is 2.00 bits per heavy atom. The van der Waals surface area contributed by atoms with Crippen LogP contribution < -0.4 is 4.74 Å². The molecule has 0 aliphatic heterocycles. The van der Waals surface area contributed by atoms with Crippen molar-refractivity contribution in [3.8, 4) is 5.75 Å². The second kappa shape index (κ2) is 4.82. The molecule has 17 heavy (non-hydrogen) atoms. The quantitative estimate of drug-likeness (QED) is 0.814. The van der Waals surface area contributed by atoms with Crippen LogP contribution in [0, 0.1) is 0 Å². The first-order chi connectivity index (χ1) is 8.18. The van der Waals surface area contributed by atoms with Gasteiger partial charge in [-0.25, -0.2) is 4.68 Å². The normalized spacial score (nSPS) is 12.1. The Morgan fingerprint density at radius 3 is 2.65 bits per heavy atom. The Morgan fingerprint density at radius 1 is 1.29 bits per heavy atom. The van der Waals surface area contributed by atoms with Crippen molar-refractivity contribution in [2.45, 2.75) is 20.0 Å². The zero-order valence-electron chi connectivity index (χ0n) is 9.83. The first kappa shape index (κ1) is 11.4. The van der Waals surface area contributed by atoms with Crippen molar-refractivity contribution in [1.82, 2.24) is 9.78 Å². The van der Waals surface area contributed by atoms with E-state index in [9.17, 15) is 4.79 Å². The number of hydrogen-bond acceptors (Lipinski definition) is 3. The van der Waals surface area contributed by atoms with Gasteiger partial charge >= 0.3 is 0 Å². The molecule has 0 saturated carbocycles. The summed E-state index contributed by atoms with van der Waals surface area (Å²) in [6, 6.07) is 11.3. The van der Waals surface area contributed by atoms with E-state index < -0.39 is 0 Å². The Kier molecular flexibility index (Phi) is 3.23. The maximum Gasteiger partial charge on any atom is 0.244 e. The highest BCUT2D eigenvalue weighted by Crippen LogP contribution is 2.20. The molecule has 4 heteroatoms. The van der Waals surface area contributed by atoms with Crippen LogP contribution in [0.2, 0.25) is 0 Å². The molecule has 1 atom stereocenters. The van der Waals surface area contributed by atoms with Crippen molar-refractivity contribution >= 4 is 5.91 Å². The lowest BCUT2D eigenvalue weighted by molar-refractivity contribution is 0.0904. The van der Waals surface area contributed by atoms with E-state index >= 15 is 0 Å². The van der Waals surface area contributed by atoms with Gasteiger partial charge in [0.05, 0.1) is 5.69 Å². The zero-order valence-corrected chi connectivity index (χ0v) is 9.83. The molecule has 1 aromatic carbocycles. The molecular formula is C13H14N2O2. The van der Waals surface area contributed by atoms with Gasteiger partial charge in [0, 0.05) is 13.1 Å². The topological polar surface area (TPSA) is 44.1 Å². The van der Waals surface area contributed by atoms with Crippen LogP contribution in [0.15, 0.2) is 42.6 Å². The van der Waals surface area contributed by atoms with Gasteiger partial charge < -0.3 is 4.74 Å². The van der Waals surface area contributed by atoms with Gasteiger partial charge in [0.25, 0.3) is 0 Å². The second-order valence-electron chi connectivity index (χ2n) is 3.76. The number of hydrogen-bond donors (Lipinski definition) is 0. The molecule has 0 bridgehead atoms. The lowest BCUT2D eigenvalue weighted by Gasteiger charge is -2.15. The second-order valence-corrected chi connectivity index (χ2v) is 3.76. The van der Waals surface area contributed by atoms with Crippen molar-refractivity contribution in [2.24, 2.45) is 0 Å². The van der Waals surface area contributed by atoms with Gasteiger partial charge in [-0.3, -0.25) is 4.79 Å². The molecule has 0 amide bonds. The van der Waals surface area contributed by atoms with Gasteiger partial charge in [-0.2, -0.15) is 5.10 Å². The van der Waals surface area contributed by atoms with E-state index in [1.54, 1.807) is 12.3 Å². The van der Waals surface area contributed by atoms with E-state index in [4.69, 9.17) is 4.74 Å². The van der Waals surface area contributed by atoms with E-state index in [1.165, 1.54) is 11.6 Å². The molecule has 0 radical (unpaired) electrons. The Hall–Kier alpha value is -2.10. The molecule has 0 aliphatic rings. The number of aromatic nitrogens is 2. The molecule has 0 saturated heterocycles.